The molecule has 0 radical (unpaired) electrons. The summed E-state index contributed by atoms with van der Waals surface area (Å²) in [4.78, 5) is 23.1. The molecule has 2 N–H and O–H groups in total. The van der Waals surface area contributed by atoms with Crippen LogP contribution in [0.3, 0.4) is 0 Å². The summed E-state index contributed by atoms with van der Waals surface area (Å²) in [5.41, 5.74) is -0.00664. The van der Waals surface area contributed by atoms with Crippen LogP contribution >= 0.6 is 23.2 Å². The largest absolute Gasteiger partial charge is 0.478 e. The molecule has 0 saturated heterocycles. The number of hydrogen-bond acceptors (Lipinski definition) is 3. The van der Waals surface area contributed by atoms with Gasteiger partial charge >= 0.3 is 5.97 Å². The molecule has 0 heterocycles. The van der Waals surface area contributed by atoms with Gasteiger partial charge in [-0.25, -0.2) is 4.79 Å². The fraction of sp³-hybridized carbons (Fsp3) is 0.222. The van der Waals surface area contributed by atoms with Crippen LogP contribution < -0.4 is 10.1 Å². The van der Waals surface area contributed by atoms with Gasteiger partial charge in [-0.05, 0) is 49.7 Å². The number of nitrogens with one attached hydrogen (secondary N) is 1. The van der Waals surface area contributed by atoms with Crippen molar-refractivity contribution < 1.29 is 19.4 Å². The second-order valence-corrected chi connectivity index (χ2v) is 6.73. The van der Waals surface area contributed by atoms with Crippen LogP contribution in [0.2, 0.25) is 10.0 Å². The van der Waals surface area contributed by atoms with Gasteiger partial charge in [-0.2, -0.15) is 0 Å². The van der Waals surface area contributed by atoms with Gasteiger partial charge in [0.25, 0.3) is 0 Å². The molecule has 0 fully saturated rings. The highest BCUT2D eigenvalue weighted by Crippen LogP contribution is 2.25. The van der Waals surface area contributed by atoms with E-state index in [-0.39, 0.29) is 12.3 Å². The number of amides is 1. The molecule has 2 aromatic carbocycles. The second kappa shape index (κ2) is 7.76. The van der Waals surface area contributed by atoms with Crippen LogP contribution in [-0.2, 0) is 16.0 Å². The summed E-state index contributed by atoms with van der Waals surface area (Å²) in [5, 5.41) is 12.6. The number of carboxylic acid groups (broad SMARTS) is 1. The van der Waals surface area contributed by atoms with Gasteiger partial charge in [-0.1, -0.05) is 35.3 Å². The normalized spacial score (nSPS) is 11.0. The minimum absolute atomic E-state index is 0.156. The lowest BCUT2D eigenvalue weighted by atomic mass is 10.1. The molecule has 0 aliphatic rings. The molecule has 25 heavy (non-hydrogen) atoms. The van der Waals surface area contributed by atoms with Crippen molar-refractivity contribution in [1.82, 2.24) is 0 Å². The monoisotopic (exact) mass is 381 g/mol. The van der Waals surface area contributed by atoms with Crippen molar-refractivity contribution in [2.24, 2.45) is 0 Å². The lowest BCUT2D eigenvalue weighted by Crippen LogP contribution is -2.37. The molecular weight excluding hydrogens is 365 g/mol. The van der Waals surface area contributed by atoms with Crippen LogP contribution in [-0.4, -0.2) is 22.6 Å². The molecule has 0 aliphatic carbocycles. The van der Waals surface area contributed by atoms with Crippen molar-refractivity contribution in [2.75, 3.05) is 5.32 Å². The van der Waals surface area contributed by atoms with Gasteiger partial charge in [0.2, 0.25) is 5.91 Å². The van der Waals surface area contributed by atoms with Gasteiger partial charge in [0, 0.05) is 5.69 Å². The summed E-state index contributed by atoms with van der Waals surface area (Å²) in [6.07, 6.45) is 0.156. The fourth-order valence-corrected chi connectivity index (χ4v) is 2.28. The Labute approximate surface area is 155 Å². The van der Waals surface area contributed by atoms with E-state index in [0.29, 0.717) is 21.5 Å². The molecule has 132 valence electrons. The van der Waals surface area contributed by atoms with Gasteiger partial charge in [-0.15, -0.1) is 0 Å². The van der Waals surface area contributed by atoms with Crippen molar-refractivity contribution in [2.45, 2.75) is 25.9 Å². The Morgan fingerprint density at radius 1 is 1.08 bits per heavy atom. The Morgan fingerprint density at radius 3 is 2.28 bits per heavy atom. The molecular formula is C18H17Cl2NO4. The number of anilines is 1. The Bertz CT molecular complexity index is 788. The SMILES string of the molecule is CC(C)(Oc1ccc(CC(=O)Nc2ccc(Cl)c(Cl)c2)cc1)C(=O)O. The quantitative estimate of drug-likeness (QED) is 0.776. The predicted octanol–water partition coefficient (Wildman–Crippen LogP) is 4.42. The first-order valence-electron chi connectivity index (χ1n) is 7.43. The van der Waals surface area contributed by atoms with Crippen LogP contribution in [0, 0.1) is 0 Å². The molecule has 0 unspecified atom stereocenters. The first kappa shape index (κ1) is 19.1. The number of halogens is 2. The minimum atomic E-state index is -1.33. The maximum atomic E-state index is 12.1. The number of benzene rings is 2. The van der Waals surface area contributed by atoms with Crippen LogP contribution in [0.15, 0.2) is 42.5 Å². The smallest absolute Gasteiger partial charge is 0.347 e. The van der Waals surface area contributed by atoms with Gasteiger partial charge in [-0.3, -0.25) is 4.79 Å². The van der Waals surface area contributed by atoms with Crippen molar-refractivity contribution in [3.05, 3.63) is 58.1 Å². The molecule has 0 aliphatic heterocycles. The highest BCUT2D eigenvalue weighted by atomic mass is 35.5. The summed E-state index contributed by atoms with van der Waals surface area (Å²) >= 11 is 11.7. The third-order valence-electron chi connectivity index (χ3n) is 3.38. The van der Waals surface area contributed by atoms with E-state index in [9.17, 15) is 9.59 Å². The van der Waals surface area contributed by atoms with E-state index in [0.717, 1.165) is 5.56 Å². The van der Waals surface area contributed by atoms with Gasteiger partial charge in [0.15, 0.2) is 5.60 Å². The number of hydrogen-bond donors (Lipinski definition) is 2. The van der Waals surface area contributed by atoms with E-state index in [1.54, 1.807) is 42.5 Å². The van der Waals surface area contributed by atoms with Crippen molar-refractivity contribution in [3.63, 3.8) is 0 Å². The predicted molar refractivity (Wildman–Crippen MR) is 97.6 cm³/mol. The lowest BCUT2D eigenvalue weighted by Gasteiger charge is -2.21. The van der Waals surface area contributed by atoms with Crippen LogP contribution in [0.4, 0.5) is 5.69 Å². The number of rotatable bonds is 6. The number of ether oxygens (including phenoxy) is 1. The summed E-state index contributed by atoms with van der Waals surface area (Å²) in [7, 11) is 0. The third kappa shape index (κ3) is 5.37. The van der Waals surface area contributed by atoms with Crippen molar-refractivity contribution >= 4 is 40.8 Å². The molecule has 0 bridgehead atoms. The number of carbonyl (C=O) groups is 2. The van der Waals surface area contributed by atoms with E-state index in [2.05, 4.69) is 5.32 Å². The molecule has 1 amide bonds. The molecule has 0 atom stereocenters. The second-order valence-electron chi connectivity index (χ2n) is 5.92. The van der Waals surface area contributed by atoms with Crippen molar-refractivity contribution in [1.29, 1.82) is 0 Å². The maximum absolute atomic E-state index is 12.1. The van der Waals surface area contributed by atoms with Crippen LogP contribution in [0.1, 0.15) is 19.4 Å². The molecule has 2 aromatic rings. The summed E-state index contributed by atoms with van der Waals surface area (Å²) in [5.74, 6) is -0.850. The standard InChI is InChI=1S/C18H17Cl2NO4/c1-18(2,17(23)24)25-13-6-3-11(4-7-13)9-16(22)21-12-5-8-14(19)15(20)10-12/h3-8,10H,9H2,1-2H3,(H,21,22)(H,23,24). The van der Waals surface area contributed by atoms with Crippen molar-refractivity contribution in [3.8, 4) is 5.75 Å². The lowest BCUT2D eigenvalue weighted by molar-refractivity contribution is -0.152. The molecule has 2 rings (SSSR count). The molecule has 0 saturated carbocycles. The highest BCUT2D eigenvalue weighted by Gasteiger charge is 2.29. The first-order chi connectivity index (χ1) is 11.7. The van der Waals surface area contributed by atoms with E-state index < -0.39 is 11.6 Å². The van der Waals surface area contributed by atoms with E-state index in [1.165, 1.54) is 13.8 Å². The zero-order valence-corrected chi connectivity index (χ0v) is 15.2. The summed E-state index contributed by atoms with van der Waals surface area (Å²) in [6.45, 7) is 2.93. The molecule has 0 spiro atoms. The third-order valence-corrected chi connectivity index (χ3v) is 4.12. The maximum Gasteiger partial charge on any atom is 0.347 e. The number of carbonyl (C=O) groups excluding carboxylic acids is 1. The molecule has 7 heteroatoms. The van der Waals surface area contributed by atoms with E-state index >= 15 is 0 Å². The molecule has 0 aromatic heterocycles. The van der Waals surface area contributed by atoms with Gasteiger partial charge in [0.05, 0.1) is 16.5 Å². The summed E-state index contributed by atoms with van der Waals surface area (Å²) in [6, 6.07) is 11.5. The van der Waals surface area contributed by atoms with E-state index in [4.69, 9.17) is 33.0 Å². The number of carboxylic acids is 1. The molecule has 5 nitrogen and oxygen atoms in total. The summed E-state index contributed by atoms with van der Waals surface area (Å²) < 4.78 is 5.42. The highest BCUT2D eigenvalue weighted by molar-refractivity contribution is 6.42. The average Bonchev–Trinajstić information content (AvgIpc) is 2.52. The average molecular weight is 382 g/mol. The Kier molecular flexibility index (Phi) is 5.93. The zero-order valence-electron chi connectivity index (χ0n) is 13.7. The minimum Gasteiger partial charge on any atom is -0.478 e. The Balaban J connectivity index is 1.97. The van der Waals surface area contributed by atoms with Crippen LogP contribution in [0.25, 0.3) is 0 Å². The van der Waals surface area contributed by atoms with Crippen LogP contribution in [0.5, 0.6) is 5.75 Å². The zero-order chi connectivity index (χ0) is 18.6. The Hall–Kier alpha value is -2.24. The topological polar surface area (TPSA) is 75.6 Å². The first-order valence-corrected chi connectivity index (χ1v) is 8.19. The number of aliphatic carboxylic acids is 1. The Morgan fingerprint density at radius 2 is 1.72 bits per heavy atom. The van der Waals surface area contributed by atoms with E-state index in [1.807, 2.05) is 0 Å². The fourth-order valence-electron chi connectivity index (χ4n) is 1.98. The van der Waals surface area contributed by atoms with Gasteiger partial charge in [0.1, 0.15) is 5.75 Å². The van der Waals surface area contributed by atoms with Gasteiger partial charge < -0.3 is 15.2 Å².